The first kappa shape index (κ1) is 17.9. The number of hydrogen-bond donors (Lipinski definition) is 0. The molecule has 0 aliphatic carbocycles. The van der Waals surface area contributed by atoms with E-state index in [1.54, 1.807) is 0 Å². The number of nitrogens with zero attached hydrogens (tertiary/aromatic N) is 2. The van der Waals surface area contributed by atoms with E-state index in [4.69, 9.17) is 4.98 Å². The fraction of sp³-hybridized carbons (Fsp3) is 0.273. The lowest BCUT2D eigenvalue weighted by Crippen LogP contribution is -1.89. The van der Waals surface area contributed by atoms with Crippen LogP contribution in [0.5, 0.6) is 0 Å². The minimum atomic E-state index is 0.771. The molecule has 0 spiro atoms. The maximum atomic E-state index is 4.71. The predicted molar refractivity (Wildman–Crippen MR) is 104 cm³/mol. The molecule has 0 fully saturated rings. The molecule has 2 nitrogen and oxygen atoms in total. The highest BCUT2D eigenvalue weighted by molar-refractivity contribution is 5.77. The van der Waals surface area contributed by atoms with Crippen molar-refractivity contribution in [2.75, 3.05) is 0 Å². The van der Waals surface area contributed by atoms with Crippen molar-refractivity contribution >= 4 is 17.0 Å². The normalized spacial score (nSPS) is 11.2. The fourth-order valence-electron chi connectivity index (χ4n) is 2.63. The Morgan fingerprint density at radius 2 is 1.71 bits per heavy atom. The lowest BCUT2D eigenvalue weighted by atomic mass is 10.0. The third-order valence-electron chi connectivity index (χ3n) is 3.76. The summed E-state index contributed by atoms with van der Waals surface area (Å²) in [4.78, 5) is 9.38. The van der Waals surface area contributed by atoms with Crippen molar-refractivity contribution in [3.8, 4) is 0 Å². The van der Waals surface area contributed by atoms with Gasteiger partial charge in [0.15, 0.2) is 0 Å². The molecule has 2 heteroatoms. The second kappa shape index (κ2) is 9.61. The van der Waals surface area contributed by atoms with Gasteiger partial charge in [-0.2, -0.15) is 0 Å². The van der Waals surface area contributed by atoms with Crippen LogP contribution in [0.4, 0.5) is 0 Å². The molecule has 0 aliphatic rings. The first-order valence-electron chi connectivity index (χ1n) is 8.61. The first-order valence-corrected chi connectivity index (χ1v) is 8.61. The molecule has 0 N–H and O–H groups in total. The molecule has 0 saturated carbocycles. The molecule has 0 atom stereocenters. The molecule has 1 aromatic carbocycles. The van der Waals surface area contributed by atoms with E-state index in [2.05, 4.69) is 36.7 Å². The molecular formula is C22H26N2. The summed E-state index contributed by atoms with van der Waals surface area (Å²) in [5.74, 6) is 0.771. The van der Waals surface area contributed by atoms with Gasteiger partial charge in [0, 0.05) is 5.39 Å². The molecule has 0 saturated heterocycles. The van der Waals surface area contributed by atoms with E-state index >= 15 is 0 Å². The van der Waals surface area contributed by atoms with Crippen molar-refractivity contribution in [1.82, 2.24) is 9.97 Å². The quantitative estimate of drug-likeness (QED) is 0.591. The molecule has 0 amide bonds. The summed E-state index contributed by atoms with van der Waals surface area (Å²) in [6.45, 7) is 7.98. The first-order chi connectivity index (χ1) is 11.7. The zero-order chi connectivity index (χ0) is 17.2. The Bertz CT molecular complexity index is 774. The van der Waals surface area contributed by atoms with Crippen molar-refractivity contribution in [2.24, 2.45) is 0 Å². The van der Waals surface area contributed by atoms with Crippen LogP contribution >= 0.6 is 0 Å². The summed E-state index contributed by atoms with van der Waals surface area (Å²) in [6, 6.07) is 16.3. The molecule has 124 valence electrons. The fourth-order valence-corrected chi connectivity index (χ4v) is 2.63. The summed E-state index contributed by atoms with van der Waals surface area (Å²) in [5, 5.41) is 1.10. The van der Waals surface area contributed by atoms with Crippen molar-refractivity contribution in [3.63, 3.8) is 0 Å². The van der Waals surface area contributed by atoms with E-state index in [1.165, 1.54) is 5.57 Å². The topological polar surface area (TPSA) is 25.8 Å². The SMILES string of the molecule is C=CCC/C(=C\c1ccccc2ccccc2nc(C)n1)CCC. The minimum Gasteiger partial charge on any atom is -0.234 e. The Hall–Kier alpha value is -2.48. The monoisotopic (exact) mass is 318 g/mol. The molecule has 1 heterocycles. The highest BCUT2D eigenvalue weighted by Crippen LogP contribution is 2.16. The summed E-state index contributed by atoms with van der Waals surface area (Å²) in [7, 11) is 0. The summed E-state index contributed by atoms with van der Waals surface area (Å²) >= 11 is 0. The van der Waals surface area contributed by atoms with Gasteiger partial charge < -0.3 is 0 Å². The van der Waals surface area contributed by atoms with E-state index in [9.17, 15) is 0 Å². The van der Waals surface area contributed by atoms with Crippen LogP contribution in [-0.4, -0.2) is 9.97 Å². The third kappa shape index (κ3) is 5.62. The van der Waals surface area contributed by atoms with Gasteiger partial charge in [-0.25, -0.2) is 9.97 Å². The Labute approximate surface area is 145 Å². The average Bonchev–Trinajstić information content (AvgIpc) is 2.57. The van der Waals surface area contributed by atoms with Crippen LogP contribution < -0.4 is 0 Å². The van der Waals surface area contributed by atoms with Crippen molar-refractivity contribution in [3.05, 3.63) is 78.3 Å². The maximum Gasteiger partial charge on any atom is 0.126 e. The second-order valence-electron chi connectivity index (χ2n) is 5.85. The number of aromatic nitrogens is 2. The van der Waals surface area contributed by atoms with Gasteiger partial charge in [0.2, 0.25) is 0 Å². The van der Waals surface area contributed by atoms with Gasteiger partial charge in [-0.1, -0.05) is 61.4 Å². The molecule has 2 aromatic rings. The Morgan fingerprint density at radius 1 is 1.00 bits per heavy atom. The van der Waals surface area contributed by atoms with Crippen molar-refractivity contribution in [2.45, 2.75) is 39.5 Å². The lowest BCUT2D eigenvalue weighted by molar-refractivity contribution is 0.836. The predicted octanol–water partition coefficient (Wildman–Crippen LogP) is 6.21. The van der Waals surface area contributed by atoms with Gasteiger partial charge in [-0.15, -0.1) is 6.58 Å². The Kier molecular flexibility index (Phi) is 7.16. The number of hydrogen-bond acceptors (Lipinski definition) is 2. The number of fused-ring (bicyclic) bond motifs is 1. The Balaban J connectivity index is 2.51. The van der Waals surface area contributed by atoms with E-state index in [0.717, 1.165) is 48.1 Å². The Morgan fingerprint density at radius 3 is 2.42 bits per heavy atom. The van der Waals surface area contributed by atoms with Crippen LogP contribution in [0.3, 0.4) is 0 Å². The molecule has 1 aromatic heterocycles. The van der Waals surface area contributed by atoms with Crippen LogP contribution in [0.25, 0.3) is 17.0 Å². The van der Waals surface area contributed by atoms with Crippen LogP contribution in [-0.2, 0) is 0 Å². The number of aryl methyl sites for hydroxylation is 1. The molecule has 0 radical (unpaired) electrons. The molecular weight excluding hydrogens is 292 g/mol. The third-order valence-corrected chi connectivity index (χ3v) is 3.76. The van der Waals surface area contributed by atoms with Crippen LogP contribution in [0, 0.1) is 6.92 Å². The van der Waals surface area contributed by atoms with Crippen molar-refractivity contribution in [1.29, 1.82) is 0 Å². The highest BCUT2D eigenvalue weighted by atomic mass is 14.8. The molecule has 0 unspecified atom stereocenters. The average molecular weight is 318 g/mol. The zero-order valence-corrected chi connectivity index (χ0v) is 14.7. The van der Waals surface area contributed by atoms with E-state index < -0.39 is 0 Å². The summed E-state index contributed by atoms with van der Waals surface area (Å²) in [6.07, 6.45) is 8.45. The van der Waals surface area contributed by atoms with Gasteiger partial charge in [0.1, 0.15) is 5.82 Å². The smallest absolute Gasteiger partial charge is 0.126 e. The number of rotatable bonds is 6. The van der Waals surface area contributed by atoms with Crippen molar-refractivity contribution < 1.29 is 0 Å². The van der Waals surface area contributed by atoms with Crippen LogP contribution in [0.15, 0.2) is 66.8 Å². The standard InChI is InChI=1S/C22H26N2/c1-4-6-12-19(11-5-2)17-21-15-9-7-13-20-14-8-10-16-22(20)24-18(3)23-21/h4,7-10,13-17H,1,5-6,11-12H2,2-3H3/b9-7?,13-7?,15-9?,19-17-,20-13?,21-15?,23-18?,23-21?,24-18?,24-22?. The second-order valence-corrected chi connectivity index (χ2v) is 5.85. The lowest BCUT2D eigenvalue weighted by Gasteiger charge is -2.04. The van der Waals surface area contributed by atoms with Gasteiger partial charge >= 0.3 is 0 Å². The molecule has 2 rings (SSSR count). The van der Waals surface area contributed by atoms with Gasteiger partial charge in [-0.3, -0.25) is 0 Å². The summed E-state index contributed by atoms with van der Waals surface area (Å²) in [5.41, 5.74) is 3.32. The number of benzene rings is 1. The van der Waals surface area contributed by atoms with Gasteiger partial charge in [0.05, 0.1) is 11.2 Å². The zero-order valence-electron chi connectivity index (χ0n) is 14.7. The maximum absolute atomic E-state index is 4.71. The minimum absolute atomic E-state index is 0.771. The molecule has 0 aliphatic heterocycles. The van der Waals surface area contributed by atoms with Gasteiger partial charge in [0.25, 0.3) is 0 Å². The largest absolute Gasteiger partial charge is 0.234 e. The summed E-state index contributed by atoms with van der Waals surface area (Å²) < 4.78 is 0. The van der Waals surface area contributed by atoms with E-state index in [0.29, 0.717) is 0 Å². The molecule has 24 heavy (non-hydrogen) atoms. The van der Waals surface area contributed by atoms with Crippen LogP contribution in [0.1, 0.15) is 44.1 Å². The number of allylic oxidation sites excluding steroid dienone is 2. The van der Waals surface area contributed by atoms with Crippen LogP contribution in [0.2, 0.25) is 0 Å². The van der Waals surface area contributed by atoms with E-state index in [-0.39, 0.29) is 0 Å². The van der Waals surface area contributed by atoms with E-state index in [1.807, 2.05) is 49.4 Å². The molecule has 0 bridgehead atoms. The highest BCUT2D eigenvalue weighted by Gasteiger charge is 1.98. The number of para-hydroxylation sites is 1. The van der Waals surface area contributed by atoms with Gasteiger partial charge in [-0.05, 0) is 44.4 Å².